The molecule has 0 atom stereocenters. The minimum atomic E-state index is 0.733. The molecule has 0 saturated heterocycles. The minimum absolute atomic E-state index is 0.733. The Hall–Kier alpha value is -1.23. The van der Waals surface area contributed by atoms with Crippen LogP contribution in [0.4, 0.5) is 0 Å². The lowest BCUT2D eigenvalue weighted by Crippen LogP contribution is -2.18. The normalized spacial score (nSPS) is 10.9. The van der Waals surface area contributed by atoms with E-state index in [0.29, 0.717) is 0 Å². The Bertz CT molecular complexity index is 507. The van der Waals surface area contributed by atoms with Gasteiger partial charge < -0.3 is 10.1 Å². The lowest BCUT2D eigenvalue weighted by Gasteiger charge is -2.01. The van der Waals surface area contributed by atoms with Gasteiger partial charge in [-0.3, -0.25) is 0 Å². The van der Waals surface area contributed by atoms with Gasteiger partial charge in [-0.05, 0) is 12.0 Å². The molecule has 108 valence electrons. The van der Waals surface area contributed by atoms with Crippen molar-refractivity contribution in [1.82, 2.24) is 10.3 Å². The summed E-state index contributed by atoms with van der Waals surface area (Å²) in [6.07, 6.45) is 2.33. The van der Waals surface area contributed by atoms with E-state index in [9.17, 15) is 0 Å². The molecule has 2 aromatic rings. The molecule has 1 aromatic carbocycles. The summed E-state index contributed by atoms with van der Waals surface area (Å²) in [4.78, 5) is 4.67. The Labute approximate surface area is 125 Å². The average Bonchev–Trinajstić information content (AvgIpc) is 2.94. The zero-order valence-electron chi connectivity index (χ0n) is 12.2. The number of hydrogen-bond donors (Lipinski definition) is 1. The van der Waals surface area contributed by atoms with Crippen molar-refractivity contribution in [3.05, 3.63) is 40.2 Å². The first-order valence-electron chi connectivity index (χ1n) is 7.07. The number of benzene rings is 1. The molecule has 4 heteroatoms. The van der Waals surface area contributed by atoms with Crippen molar-refractivity contribution in [3.63, 3.8) is 0 Å². The van der Waals surface area contributed by atoms with Gasteiger partial charge in [0.15, 0.2) is 0 Å². The lowest BCUT2D eigenvalue weighted by atomic mass is 10.1. The number of thiazole rings is 1. The molecule has 0 saturated carbocycles. The molecule has 3 nitrogen and oxygen atoms in total. The number of nitrogens with one attached hydrogen (secondary N) is 1. The molecular weight excluding hydrogens is 268 g/mol. The zero-order valence-corrected chi connectivity index (χ0v) is 13.0. The number of aryl methyl sites for hydroxylation is 1. The number of aromatic nitrogens is 1. The number of rotatable bonds is 8. The SMILES string of the molecule is CCCc1ccc(-c2csc(CNCCOC)n2)cc1. The van der Waals surface area contributed by atoms with Crippen LogP contribution in [0, 0.1) is 0 Å². The monoisotopic (exact) mass is 290 g/mol. The van der Waals surface area contributed by atoms with Crippen molar-refractivity contribution in [2.45, 2.75) is 26.3 Å². The summed E-state index contributed by atoms with van der Waals surface area (Å²) in [6, 6.07) is 8.74. The zero-order chi connectivity index (χ0) is 14.2. The minimum Gasteiger partial charge on any atom is -0.383 e. The molecule has 0 radical (unpaired) electrons. The highest BCUT2D eigenvalue weighted by molar-refractivity contribution is 7.09. The van der Waals surface area contributed by atoms with Gasteiger partial charge in [0.05, 0.1) is 12.3 Å². The molecule has 0 aliphatic carbocycles. The topological polar surface area (TPSA) is 34.1 Å². The Morgan fingerprint density at radius 1 is 1.25 bits per heavy atom. The Morgan fingerprint density at radius 3 is 2.75 bits per heavy atom. The Kier molecular flexibility index (Phi) is 6.18. The molecule has 0 aliphatic rings. The van der Waals surface area contributed by atoms with Crippen LogP contribution in [0.3, 0.4) is 0 Å². The maximum Gasteiger partial charge on any atom is 0.107 e. The summed E-state index contributed by atoms with van der Waals surface area (Å²) in [5.74, 6) is 0. The van der Waals surface area contributed by atoms with E-state index in [1.807, 2.05) is 0 Å². The number of ether oxygens (including phenoxy) is 1. The molecule has 0 aliphatic heterocycles. The molecule has 0 spiro atoms. The second-order valence-electron chi connectivity index (χ2n) is 4.74. The summed E-state index contributed by atoms with van der Waals surface area (Å²) in [5, 5.41) is 6.56. The van der Waals surface area contributed by atoms with Crippen LogP contribution in [0.15, 0.2) is 29.6 Å². The summed E-state index contributed by atoms with van der Waals surface area (Å²) in [6.45, 7) is 4.60. The summed E-state index contributed by atoms with van der Waals surface area (Å²) in [5.41, 5.74) is 3.67. The van der Waals surface area contributed by atoms with E-state index < -0.39 is 0 Å². The van der Waals surface area contributed by atoms with Gasteiger partial charge in [0, 0.05) is 31.1 Å². The van der Waals surface area contributed by atoms with Crippen LogP contribution in [0.5, 0.6) is 0 Å². The first-order valence-corrected chi connectivity index (χ1v) is 7.94. The van der Waals surface area contributed by atoms with E-state index >= 15 is 0 Å². The van der Waals surface area contributed by atoms with Gasteiger partial charge in [0.1, 0.15) is 5.01 Å². The molecule has 1 heterocycles. The Balaban J connectivity index is 1.93. The van der Waals surface area contributed by atoms with Crippen molar-refractivity contribution < 1.29 is 4.74 Å². The fourth-order valence-corrected chi connectivity index (χ4v) is 2.80. The number of methoxy groups -OCH3 is 1. The molecular formula is C16H22N2OS. The van der Waals surface area contributed by atoms with Crippen molar-refractivity contribution in [2.75, 3.05) is 20.3 Å². The largest absolute Gasteiger partial charge is 0.383 e. The van der Waals surface area contributed by atoms with Gasteiger partial charge in [-0.25, -0.2) is 4.98 Å². The second-order valence-corrected chi connectivity index (χ2v) is 5.69. The second kappa shape index (κ2) is 8.15. The highest BCUT2D eigenvalue weighted by atomic mass is 32.1. The summed E-state index contributed by atoms with van der Waals surface area (Å²) in [7, 11) is 1.71. The maximum absolute atomic E-state index is 5.01. The third-order valence-corrected chi connectivity index (χ3v) is 3.95. The van der Waals surface area contributed by atoms with E-state index in [1.54, 1.807) is 18.4 Å². The van der Waals surface area contributed by atoms with Gasteiger partial charge in [0.2, 0.25) is 0 Å². The molecule has 2 rings (SSSR count). The van der Waals surface area contributed by atoms with Gasteiger partial charge in [-0.15, -0.1) is 11.3 Å². The summed E-state index contributed by atoms with van der Waals surface area (Å²) < 4.78 is 5.01. The van der Waals surface area contributed by atoms with Crippen LogP contribution in [-0.4, -0.2) is 25.2 Å². The standard InChI is InChI=1S/C16H22N2OS/c1-3-4-13-5-7-14(8-6-13)15-12-20-16(18-15)11-17-9-10-19-2/h5-8,12,17H,3-4,9-11H2,1-2H3. The smallest absolute Gasteiger partial charge is 0.107 e. The van der Waals surface area contributed by atoms with Gasteiger partial charge in [-0.2, -0.15) is 0 Å². The van der Waals surface area contributed by atoms with Gasteiger partial charge >= 0.3 is 0 Å². The first-order chi connectivity index (χ1) is 9.83. The van der Waals surface area contributed by atoms with Crippen molar-refractivity contribution in [3.8, 4) is 11.3 Å². The first kappa shape index (κ1) is 15.2. The van der Waals surface area contributed by atoms with Gasteiger partial charge in [-0.1, -0.05) is 37.6 Å². The highest BCUT2D eigenvalue weighted by Crippen LogP contribution is 2.22. The molecule has 0 fully saturated rings. The summed E-state index contributed by atoms with van der Waals surface area (Å²) >= 11 is 1.70. The van der Waals surface area contributed by atoms with Crippen LogP contribution in [0.1, 0.15) is 23.9 Å². The molecule has 20 heavy (non-hydrogen) atoms. The molecule has 0 bridgehead atoms. The van der Waals surface area contributed by atoms with Crippen LogP contribution >= 0.6 is 11.3 Å². The maximum atomic E-state index is 5.01. The lowest BCUT2D eigenvalue weighted by molar-refractivity contribution is 0.199. The highest BCUT2D eigenvalue weighted by Gasteiger charge is 2.04. The molecule has 1 aromatic heterocycles. The molecule has 0 amide bonds. The van der Waals surface area contributed by atoms with E-state index in [2.05, 4.69) is 46.9 Å². The quantitative estimate of drug-likeness (QED) is 0.756. The van der Waals surface area contributed by atoms with Gasteiger partial charge in [0.25, 0.3) is 0 Å². The average molecular weight is 290 g/mol. The van der Waals surface area contributed by atoms with Crippen molar-refractivity contribution >= 4 is 11.3 Å². The fourth-order valence-electron chi connectivity index (χ4n) is 2.03. The third-order valence-electron chi connectivity index (χ3n) is 3.10. The van der Waals surface area contributed by atoms with E-state index in [0.717, 1.165) is 36.8 Å². The fraction of sp³-hybridized carbons (Fsp3) is 0.438. The molecule has 1 N–H and O–H groups in total. The van der Waals surface area contributed by atoms with Crippen molar-refractivity contribution in [1.29, 1.82) is 0 Å². The van der Waals surface area contributed by atoms with E-state index in [-0.39, 0.29) is 0 Å². The predicted octanol–water partition coefficient (Wildman–Crippen LogP) is 3.50. The Morgan fingerprint density at radius 2 is 2.05 bits per heavy atom. The number of nitrogens with zero attached hydrogens (tertiary/aromatic N) is 1. The predicted molar refractivity (Wildman–Crippen MR) is 85.1 cm³/mol. The third kappa shape index (κ3) is 4.40. The van der Waals surface area contributed by atoms with E-state index in [1.165, 1.54) is 17.5 Å². The van der Waals surface area contributed by atoms with Crippen LogP contribution in [0.2, 0.25) is 0 Å². The molecule has 0 unspecified atom stereocenters. The van der Waals surface area contributed by atoms with Crippen LogP contribution in [0.25, 0.3) is 11.3 Å². The van der Waals surface area contributed by atoms with Crippen LogP contribution in [-0.2, 0) is 17.7 Å². The number of hydrogen-bond acceptors (Lipinski definition) is 4. The van der Waals surface area contributed by atoms with Crippen LogP contribution < -0.4 is 5.32 Å². The van der Waals surface area contributed by atoms with Crippen molar-refractivity contribution in [2.24, 2.45) is 0 Å². The van der Waals surface area contributed by atoms with E-state index in [4.69, 9.17) is 4.74 Å².